The molecule has 1 atom stereocenters. The minimum atomic E-state index is -3.16. The van der Waals surface area contributed by atoms with Crippen LogP contribution >= 0.6 is 0 Å². The molecule has 2 aliphatic heterocycles. The summed E-state index contributed by atoms with van der Waals surface area (Å²) in [5.74, 6) is 0.0605. The average molecular weight is 276 g/mol. The van der Waals surface area contributed by atoms with Crippen LogP contribution in [0, 0.1) is 0 Å². The van der Waals surface area contributed by atoms with Gasteiger partial charge in [-0.25, -0.2) is 13.1 Å². The van der Waals surface area contributed by atoms with Crippen LogP contribution in [0.15, 0.2) is 0 Å². The van der Waals surface area contributed by atoms with Crippen molar-refractivity contribution in [2.24, 2.45) is 0 Å². The van der Waals surface area contributed by atoms with Gasteiger partial charge in [0.05, 0.1) is 6.26 Å². The smallest absolute Gasteiger partial charge is 0.251 e. The Balaban J connectivity index is 1.81. The zero-order valence-electron chi connectivity index (χ0n) is 10.6. The highest BCUT2D eigenvalue weighted by Crippen LogP contribution is 2.18. The molecule has 0 bridgehead atoms. The van der Waals surface area contributed by atoms with E-state index in [1.165, 1.54) is 0 Å². The Labute approximate surface area is 108 Å². The van der Waals surface area contributed by atoms with Crippen molar-refractivity contribution in [2.75, 3.05) is 26.0 Å². The van der Waals surface area contributed by atoms with Crippen LogP contribution in [0.5, 0.6) is 0 Å². The lowest BCUT2D eigenvalue weighted by molar-refractivity contribution is -0.142. The second-order valence-corrected chi connectivity index (χ2v) is 6.77. The second-order valence-electron chi connectivity index (χ2n) is 4.99. The Kier molecular flexibility index (Phi) is 4.24. The van der Waals surface area contributed by atoms with Gasteiger partial charge in [0.2, 0.25) is 10.0 Å². The lowest BCUT2D eigenvalue weighted by Crippen LogP contribution is -2.48. The van der Waals surface area contributed by atoms with Gasteiger partial charge in [0.1, 0.15) is 6.10 Å². The average Bonchev–Trinajstić information content (AvgIpc) is 2.80. The molecular weight excluding hydrogens is 256 g/mol. The lowest BCUT2D eigenvalue weighted by atomic mass is 10.1. The van der Waals surface area contributed by atoms with E-state index in [0.29, 0.717) is 32.5 Å². The molecule has 2 heterocycles. The number of sulfonamides is 1. The minimum absolute atomic E-state index is 0.0476. The Hall–Kier alpha value is -0.660. The molecule has 18 heavy (non-hydrogen) atoms. The lowest BCUT2D eigenvalue weighted by Gasteiger charge is -2.33. The first kappa shape index (κ1) is 13.8. The zero-order valence-corrected chi connectivity index (χ0v) is 11.4. The third-order valence-corrected chi connectivity index (χ3v) is 4.15. The van der Waals surface area contributed by atoms with Crippen LogP contribution < -0.4 is 4.72 Å². The summed E-state index contributed by atoms with van der Waals surface area (Å²) in [7, 11) is -3.16. The molecule has 1 unspecified atom stereocenters. The molecule has 2 rings (SSSR count). The van der Waals surface area contributed by atoms with Gasteiger partial charge in [0.15, 0.2) is 0 Å². The molecule has 2 saturated heterocycles. The fraction of sp³-hybridized carbons (Fsp3) is 0.909. The minimum Gasteiger partial charge on any atom is -0.368 e. The van der Waals surface area contributed by atoms with Gasteiger partial charge in [0, 0.05) is 25.7 Å². The van der Waals surface area contributed by atoms with Crippen LogP contribution in [0.4, 0.5) is 0 Å². The first-order valence-electron chi connectivity index (χ1n) is 6.33. The van der Waals surface area contributed by atoms with Gasteiger partial charge in [-0.05, 0) is 25.7 Å². The highest BCUT2D eigenvalue weighted by molar-refractivity contribution is 7.88. The molecule has 0 aromatic rings. The largest absolute Gasteiger partial charge is 0.368 e. The molecule has 6 nitrogen and oxygen atoms in total. The SMILES string of the molecule is CS(=O)(=O)NC1CCN(C(=O)C2CCCO2)CC1. The normalized spacial score (nSPS) is 26.5. The van der Waals surface area contributed by atoms with Crippen LogP contribution in [0.1, 0.15) is 25.7 Å². The molecule has 0 aromatic heterocycles. The van der Waals surface area contributed by atoms with Crippen molar-refractivity contribution in [3.8, 4) is 0 Å². The van der Waals surface area contributed by atoms with Gasteiger partial charge in [-0.3, -0.25) is 4.79 Å². The maximum Gasteiger partial charge on any atom is 0.251 e. The number of hydrogen-bond acceptors (Lipinski definition) is 4. The molecule has 0 saturated carbocycles. The first-order valence-corrected chi connectivity index (χ1v) is 8.22. The number of carbonyl (C=O) groups is 1. The molecule has 7 heteroatoms. The molecule has 2 aliphatic rings. The van der Waals surface area contributed by atoms with Crippen molar-refractivity contribution < 1.29 is 17.9 Å². The van der Waals surface area contributed by atoms with Crippen LogP contribution in [-0.4, -0.2) is 57.3 Å². The van der Waals surface area contributed by atoms with Crippen molar-refractivity contribution >= 4 is 15.9 Å². The summed E-state index contributed by atoms with van der Waals surface area (Å²) in [4.78, 5) is 13.8. The number of ether oxygens (including phenoxy) is 1. The Morgan fingerprint density at radius 3 is 2.44 bits per heavy atom. The van der Waals surface area contributed by atoms with Crippen LogP contribution in [0.2, 0.25) is 0 Å². The van der Waals surface area contributed by atoms with E-state index in [1.807, 2.05) is 0 Å². The van der Waals surface area contributed by atoms with Crippen LogP contribution in [0.3, 0.4) is 0 Å². The summed E-state index contributed by atoms with van der Waals surface area (Å²) < 4.78 is 30.2. The quantitative estimate of drug-likeness (QED) is 0.768. The second kappa shape index (κ2) is 5.54. The molecule has 2 fully saturated rings. The predicted molar refractivity (Wildman–Crippen MR) is 66.6 cm³/mol. The molecular formula is C11H20N2O4S. The van der Waals surface area contributed by atoms with Gasteiger partial charge in [0.25, 0.3) is 5.91 Å². The number of likely N-dealkylation sites (tertiary alicyclic amines) is 1. The number of rotatable bonds is 3. The number of nitrogens with one attached hydrogen (secondary N) is 1. The highest BCUT2D eigenvalue weighted by Gasteiger charge is 2.31. The van der Waals surface area contributed by atoms with E-state index >= 15 is 0 Å². The van der Waals surface area contributed by atoms with E-state index in [4.69, 9.17) is 4.74 Å². The third-order valence-electron chi connectivity index (χ3n) is 3.39. The number of nitrogens with zero attached hydrogens (tertiary/aromatic N) is 1. The Morgan fingerprint density at radius 2 is 1.94 bits per heavy atom. The molecule has 0 aliphatic carbocycles. The van der Waals surface area contributed by atoms with E-state index in [9.17, 15) is 13.2 Å². The van der Waals surface area contributed by atoms with Crippen molar-refractivity contribution in [3.63, 3.8) is 0 Å². The monoisotopic (exact) mass is 276 g/mol. The molecule has 0 aromatic carbocycles. The highest BCUT2D eigenvalue weighted by atomic mass is 32.2. The van der Waals surface area contributed by atoms with Crippen molar-refractivity contribution in [1.82, 2.24) is 9.62 Å². The standard InChI is InChI=1S/C11H20N2O4S/c1-18(15,16)12-9-4-6-13(7-5-9)11(14)10-3-2-8-17-10/h9-10,12H,2-8H2,1H3. The Morgan fingerprint density at radius 1 is 1.28 bits per heavy atom. The van der Waals surface area contributed by atoms with Crippen LogP contribution in [0.25, 0.3) is 0 Å². The van der Waals surface area contributed by atoms with Gasteiger partial charge in [-0.15, -0.1) is 0 Å². The summed E-state index contributed by atoms with van der Waals surface area (Å²) in [6, 6.07) is -0.0476. The van der Waals surface area contributed by atoms with Gasteiger partial charge in [-0.2, -0.15) is 0 Å². The fourth-order valence-electron chi connectivity index (χ4n) is 2.50. The van der Waals surface area contributed by atoms with Gasteiger partial charge < -0.3 is 9.64 Å². The van der Waals surface area contributed by atoms with Crippen molar-refractivity contribution in [3.05, 3.63) is 0 Å². The molecule has 0 radical (unpaired) electrons. The molecule has 0 spiro atoms. The Bertz CT molecular complexity index is 395. The van der Waals surface area contributed by atoms with E-state index < -0.39 is 10.0 Å². The maximum absolute atomic E-state index is 12.1. The summed E-state index contributed by atoms with van der Waals surface area (Å²) in [5, 5.41) is 0. The van der Waals surface area contributed by atoms with Crippen LogP contribution in [-0.2, 0) is 19.6 Å². The van der Waals surface area contributed by atoms with Crippen molar-refractivity contribution in [1.29, 1.82) is 0 Å². The predicted octanol–water partition coefficient (Wildman–Crippen LogP) is -0.294. The fourth-order valence-corrected chi connectivity index (χ4v) is 3.34. The summed E-state index contributed by atoms with van der Waals surface area (Å²) in [5.41, 5.74) is 0. The molecule has 1 amide bonds. The summed E-state index contributed by atoms with van der Waals surface area (Å²) in [6.07, 6.45) is 3.99. The van der Waals surface area contributed by atoms with Crippen molar-refractivity contribution in [2.45, 2.75) is 37.8 Å². The first-order chi connectivity index (χ1) is 8.46. The van der Waals surface area contributed by atoms with Gasteiger partial charge >= 0.3 is 0 Å². The van der Waals surface area contributed by atoms with E-state index in [2.05, 4.69) is 4.72 Å². The van der Waals surface area contributed by atoms with E-state index in [1.54, 1.807) is 4.90 Å². The third kappa shape index (κ3) is 3.66. The number of hydrogen-bond donors (Lipinski definition) is 1. The summed E-state index contributed by atoms with van der Waals surface area (Å²) in [6.45, 7) is 1.88. The maximum atomic E-state index is 12.1. The number of carbonyl (C=O) groups excluding carboxylic acids is 1. The van der Waals surface area contributed by atoms with Gasteiger partial charge in [-0.1, -0.05) is 0 Å². The number of amides is 1. The van der Waals surface area contributed by atoms with E-state index in [-0.39, 0.29) is 18.1 Å². The van der Waals surface area contributed by atoms with E-state index in [0.717, 1.165) is 19.1 Å². The molecule has 1 N–H and O–H groups in total. The summed E-state index contributed by atoms with van der Waals surface area (Å²) >= 11 is 0. The number of piperidine rings is 1. The molecule has 104 valence electrons. The topological polar surface area (TPSA) is 75.7 Å². The zero-order chi connectivity index (χ0) is 13.2.